The highest BCUT2D eigenvalue weighted by molar-refractivity contribution is 8.02. The van der Waals surface area contributed by atoms with E-state index in [2.05, 4.69) is 22.5 Å². The summed E-state index contributed by atoms with van der Waals surface area (Å²) in [5, 5.41) is 16.7. The number of ether oxygens (including phenoxy) is 1. The Morgan fingerprint density at radius 1 is 1.07 bits per heavy atom. The smallest absolute Gasteiger partial charge is 0.244 e. The summed E-state index contributed by atoms with van der Waals surface area (Å²) >= 11 is 1.64. The minimum atomic E-state index is -0.804. The van der Waals surface area contributed by atoms with Crippen LogP contribution in [0, 0.1) is 17.8 Å². The van der Waals surface area contributed by atoms with Gasteiger partial charge >= 0.3 is 0 Å². The molecule has 6 rings (SSSR count). The van der Waals surface area contributed by atoms with Crippen molar-refractivity contribution >= 4 is 35.2 Å². The molecule has 0 saturated carbocycles. The molecule has 0 radical (unpaired) electrons. The topological polar surface area (TPSA) is 111 Å². The number of thioether (sulfide) groups is 1. The average Bonchev–Trinajstić information content (AvgIpc) is 3.59. The highest BCUT2D eigenvalue weighted by atomic mass is 32.2. The molecule has 4 aliphatic heterocycles. The first-order chi connectivity index (χ1) is 20.0. The normalized spacial score (nSPS) is 31.6. The summed E-state index contributed by atoms with van der Waals surface area (Å²) in [5.74, 6) is -1.80. The van der Waals surface area contributed by atoms with E-state index in [4.69, 9.17) is 4.74 Å². The van der Waals surface area contributed by atoms with Gasteiger partial charge in [0, 0.05) is 37.1 Å². The summed E-state index contributed by atoms with van der Waals surface area (Å²) in [4.78, 5) is 46.3. The Kier molecular flexibility index (Phi) is 8.09. The van der Waals surface area contributed by atoms with Crippen molar-refractivity contribution in [1.82, 2.24) is 15.1 Å². The van der Waals surface area contributed by atoms with E-state index in [1.54, 1.807) is 16.7 Å². The molecule has 3 amide bonds. The SMILES string of the molecule is CC1C[C@@H]2SC13C(C(=O)NCCN1CCOCC1)N([C@H](CO)c1ccccc1)C(=O)[C@@H]3[C@@H]2C(=O)Nc1ccccc1. The number of amides is 3. The van der Waals surface area contributed by atoms with Gasteiger partial charge in [-0.15, -0.1) is 11.8 Å². The van der Waals surface area contributed by atoms with E-state index in [0.29, 0.717) is 32.0 Å². The summed E-state index contributed by atoms with van der Waals surface area (Å²) in [6.45, 7) is 5.94. The molecular weight excluding hydrogens is 540 g/mol. The Hall–Kier alpha value is -2.92. The van der Waals surface area contributed by atoms with Gasteiger partial charge in [0.05, 0.1) is 42.4 Å². The number of hydrogen-bond acceptors (Lipinski definition) is 7. The lowest BCUT2D eigenvalue weighted by Crippen LogP contribution is -2.57. The van der Waals surface area contributed by atoms with Gasteiger partial charge in [0.1, 0.15) is 6.04 Å². The second kappa shape index (κ2) is 11.8. The molecule has 2 aromatic rings. The summed E-state index contributed by atoms with van der Waals surface area (Å²) in [6.07, 6.45) is 0.752. The van der Waals surface area contributed by atoms with Crippen molar-refractivity contribution in [3.63, 3.8) is 0 Å². The molecule has 9 nitrogen and oxygen atoms in total. The van der Waals surface area contributed by atoms with Crippen molar-refractivity contribution < 1.29 is 24.2 Å². The maximum Gasteiger partial charge on any atom is 0.244 e. The number of para-hydroxylation sites is 1. The van der Waals surface area contributed by atoms with Crippen LogP contribution in [0.2, 0.25) is 0 Å². The number of rotatable bonds is 9. The number of likely N-dealkylation sites (tertiary alicyclic amines) is 1. The number of anilines is 1. The van der Waals surface area contributed by atoms with Crippen LogP contribution < -0.4 is 10.6 Å². The van der Waals surface area contributed by atoms with E-state index in [1.807, 2.05) is 60.7 Å². The molecule has 3 unspecified atom stereocenters. The lowest BCUT2D eigenvalue weighted by Gasteiger charge is -2.40. The zero-order valence-corrected chi connectivity index (χ0v) is 24.1. The minimum absolute atomic E-state index is 0.0438. The molecule has 0 aliphatic carbocycles. The lowest BCUT2D eigenvalue weighted by molar-refractivity contribution is -0.142. The Balaban J connectivity index is 1.33. The van der Waals surface area contributed by atoms with Crippen molar-refractivity contribution in [2.75, 3.05) is 51.3 Å². The van der Waals surface area contributed by atoms with E-state index in [0.717, 1.165) is 25.1 Å². The van der Waals surface area contributed by atoms with Crippen LogP contribution >= 0.6 is 11.8 Å². The van der Waals surface area contributed by atoms with E-state index in [9.17, 15) is 19.5 Å². The molecule has 0 aromatic heterocycles. The van der Waals surface area contributed by atoms with E-state index in [-0.39, 0.29) is 35.5 Å². The molecule has 4 fully saturated rings. The molecule has 218 valence electrons. The van der Waals surface area contributed by atoms with Crippen molar-refractivity contribution in [1.29, 1.82) is 0 Å². The van der Waals surface area contributed by atoms with Gasteiger partial charge in [0.15, 0.2) is 0 Å². The first kappa shape index (κ1) is 28.2. The van der Waals surface area contributed by atoms with Crippen molar-refractivity contribution in [2.24, 2.45) is 17.8 Å². The number of nitrogens with one attached hydrogen (secondary N) is 2. The van der Waals surface area contributed by atoms with Crippen molar-refractivity contribution in [2.45, 2.75) is 35.4 Å². The molecule has 10 heteroatoms. The van der Waals surface area contributed by atoms with Gasteiger partial charge in [-0.1, -0.05) is 55.5 Å². The molecular formula is C31H38N4O5S. The lowest BCUT2D eigenvalue weighted by atomic mass is 9.66. The van der Waals surface area contributed by atoms with Gasteiger partial charge in [-0.2, -0.15) is 0 Å². The van der Waals surface area contributed by atoms with Gasteiger partial charge in [-0.25, -0.2) is 0 Å². The number of carbonyl (C=O) groups excluding carboxylic acids is 3. The van der Waals surface area contributed by atoms with Crippen molar-refractivity contribution in [3.05, 3.63) is 66.2 Å². The quantitative estimate of drug-likeness (QED) is 0.418. The standard InChI is InChI=1S/C31H38N4O5S/c1-20-18-24-25(28(37)33-22-10-6-3-7-11-22)26-30(39)35(23(19-36)21-8-4-2-5-9-21)27(31(20,26)41-24)29(38)32-12-13-34-14-16-40-17-15-34/h2-11,20,23-27,36H,12-19H2,1H3,(H,32,38)(H,33,37)/t20?,23-,24+,25-,26+,27?,31?/m1/s1. The van der Waals surface area contributed by atoms with Gasteiger partial charge in [-0.05, 0) is 30.0 Å². The zero-order chi connectivity index (χ0) is 28.6. The Morgan fingerprint density at radius 2 is 1.76 bits per heavy atom. The molecule has 2 aromatic carbocycles. The molecule has 1 spiro atoms. The largest absolute Gasteiger partial charge is 0.394 e. The van der Waals surface area contributed by atoms with Crippen LogP contribution in [0.3, 0.4) is 0 Å². The summed E-state index contributed by atoms with van der Waals surface area (Å²) in [6, 6.07) is 17.2. The fourth-order valence-electron chi connectivity index (χ4n) is 7.43. The van der Waals surface area contributed by atoms with Crippen LogP contribution in [0.15, 0.2) is 60.7 Å². The predicted octanol–water partition coefficient (Wildman–Crippen LogP) is 2.14. The van der Waals surface area contributed by atoms with Gasteiger partial charge in [0.25, 0.3) is 0 Å². The Labute approximate surface area is 245 Å². The molecule has 7 atom stereocenters. The third-order valence-corrected chi connectivity index (χ3v) is 11.4. The molecule has 4 heterocycles. The van der Waals surface area contributed by atoms with Gasteiger partial charge < -0.3 is 25.4 Å². The molecule has 4 aliphatic rings. The monoisotopic (exact) mass is 578 g/mol. The van der Waals surface area contributed by atoms with Crippen LogP contribution in [0.1, 0.15) is 24.9 Å². The number of nitrogens with zero attached hydrogens (tertiary/aromatic N) is 2. The number of hydrogen-bond donors (Lipinski definition) is 3. The average molecular weight is 579 g/mol. The minimum Gasteiger partial charge on any atom is -0.394 e. The third-order valence-electron chi connectivity index (χ3n) is 9.30. The molecule has 4 saturated heterocycles. The fourth-order valence-corrected chi connectivity index (χ4v) is 9.84. The zero-order valence-electron chi connectivity index (χ0n) is 23.3. The van der Waals surface area contributed by atoms with Crippen LogP contribution in [0.25, 0.3) is 0 Å². The number of benzene rings is 2. The third kappa shape index (κ3) is 4.94. The van der Waals surface area contributed by atoms with Crippen LogP contribution in [0.5, 0.6) is 0 Å². The fraction of sp³-hybridized carbons (Fsp3) is 0.516. The number of fused-ring (bicyclic) bond motifs is 1. The second-order valence-electron chi connectivity index (χ2n) is 11.5. The van der Waals surface area contributed by atoms with Gasteiger partial charge in [-0.3, -0.25) is 19.3 Å². The van der Waals surface area contributed by atoms with E-state index >= 15 is 0 Å². The van der Waals surface area contributed by atoms with Crippen LogP contribution in [-0.2, 0) is 19.1 Å². The first-order valence-corrected chi connectivity index (χ1v) is 15.4. The van der Waals surface area contributed by atoms with Crippen LogP contribution in [-0.4, -0.2) is 94.7 Å². The number of carbonyl (C=O) groups is 3. The summed E-state index contributed by atoms with van der Waals surface area (Å²) in [5.41, 5.74) is 1.45. The summed E-state index contributed by atoms with van der Waals surface area (Å²) < 4.78 is 4.68. The van der Waals surface area contributed by atoms with Gasteiger partial charge in [0.2, 0.25) is 17.7 Å². The van der Waals surface area contributed by atoms with E-state index < -0.39 is 28.7 Å². The molecule has 3 N–H and O–H groups in total. The predicted molar refractivity (Wildman–Crippen MR) is 157 cm³/mol. The summed E-state index contributed by atoms with van der Waals surface area (Å²) in [7, 11) is 0. The molecule has 2 bridgehead atoms. The highest BCUT2D eigenvalue weighted by Gasteiger charge is 2.76. The highest BCUT2D eigenvalue weighted by Crippen LogP contribution is 2.69. The van der Waals surface area contributed by atoms with Crippen molar-refractivity contribution in [3.8, 4) is 0 Å². The number of morpholine rings is 1. The second-order valence-corrected chi connectivity index (χ2v) is 13.1. The Bertz CT molecular complexity index is 1260. The van der Waals surface area contributed by atoms with Crippen LogP contribution in [0.4, 0.5) is 5.69 Å². The maximum absolute atomic E-state index is 14.5. The van der Waals surface area contributed by atoms with E-state index in [1.165, 1.54) is 0 Å². The first-order valence-electron chi connectivity index (χ1n) is 14.5. The molecule has 41 heavy (non-hydrogen) atoms. The number of aliphatic hydroxyl groups excluding tert-OH is 1. The Morgan fingerprint density at radius 3 is 2.44 bits per heavy atom. The maximum atomic E-state index is 14.5. The number of aliphatic hydroxyl groups is 1.